The van der Waals surface area contributed by atoms with Crippen molar-refractivity contribution in [2.75, 3.05) is 11.9 Å². The first kappa shape index (κ1) is 13.5. The van der Waals surface area contributed by atoms with Crippen molar-refractivity contribution in [3.8, 4) is 0 Å². The van der Waals surface area contributed by atoms with E-state index in [2.05, 4.69) is 39.2 Å². The monoisotopic (exact) mass is 260 g/mol. The molecule has 2 aromatic heterocycles. The Morgan fingerprint density at radius 3 is 2.74 bits per heavy atom. The van der Waals surface area contributed by atoms with Crippen LogP contribution < -0.4 is 5.32 Å². The highest BCUT2D eigenvalue weighted by molar-refractivity contribution is 5.29. The van der Waals surface area contributed by atoms with Gasteiger partial charge in [0.2, 0.25) is 5.95 Å². The molecule has 2 rings (SSSR count). The fourth-order valence-electron chi connectivity index (χ4n) is 1.75. The van der Waals surface area contributed by atoms with E-state index >= 15 is 0 Å². The molecule has 6 heteroatoms. The number of anilines is 1. The lowest BCUT2D eigenvalue weighted by atomic mass is 10.1. The second-order valence-corrected chi connectivity index (χ2v) is 4.92. The maximum Gasteiger partial charge on any atom is 0.223 e. The molecule has 0 aliphatic heterocycles. The summed E-state index contributed by atoms with van der Waals surface area (Å²) in [4.78, 5) is 13.1. The van der Waals surface area contributed by atoms with Crippen LogP contribution in [-0.2, 0) is 13.5 Å². The number of nitrogens with one attached hydrogen (secondary N) is 1. The van der Waals surface area contributed by atoms with Crippen LogP contribution in [0.1, 0.15) is 37.0 Å². The zero-order valence-electron chi connectivity index (χ0n) is 11.9. The molecule has 0 radical (unpaired) electrons. The molecule has 0 aromatic carbocycles. The molecule has 102 valence electrons. The Kier molecular flexibility index (Phi) is 4.09. The number of aryl methyl sites for hydroxylation is 2. The molecule has 0 aliphatic rings. The Balaban J connectivity index is 1.95. The Bertz CT molecular complexity index is 546. The number of nitrogens with zero attached hydrogens (tertiary/aromatic N) is 5. The Morgan fingerprint density at radius 1 is 1.32 bits per heavy atom. The van der Waals surface area contributed by atoms with Gasteiger partial charge in [0.25, 0.3) is 0 Å². The zero-order chi connectivity index (χ0) is 13.8. The van der Waals surface area contributed by atoms with E-state index in [9.17, 15) is 0 Å². The predicted octanol–water partition coefficient (Wildman–Crippen LogP) is 1.69. The van der Waals surface area contributed by atoms with E-state index in [0.29, 0.717) is 11.9 Å². The Morgan fingerprint density at radius 2 is 2.11 bits per heavy atom. The molecule has 1 N–H and O–H groups in total. The SMILES string of the molecule is Cc1cc(C(C)C)nc(NCCc2ncn(C)n2)n1. The normalized spacial score (nSPS) is 11.0. The summed E-state index contributed by atoms with van der Waals surface area (Å²) >= 11 is 0. The van der Waals surface area contributed by atoms with Crippen molar-refractivity contribution < 1.29 is 0 Å². The summed E-state index contributed by atoms with van der Waals surface area (Å²) in [5, 5.41) is 7.46. The molecule has 2 heterocycles. The van der Waals surface area contributed by atoms with Crippen LogP contribution in [0.25, 0.3) is 0 Å². The van der Waals surface area contributed by atoms with E-state index in [0.717, 1.165) is 30.2 Å². The van der Waals surface area contributed by atoms with Crippen molar-refractivity contribution in [2.24, 2.45) is 7.05 Å². The van der Waals surface area contributed by atoms with Gasteiger partial charge in [0.15, 0.2) is 5.82 Å². The van der Waals surface area contributed by atoms with Gasteiger partial charge in [0, 0.05) is 31.4 Å². The van der Waals surface area contributed by atoms with Gasteiger partial charge in [-0.1, -0.05) is 13.8 Å². The second-order valence-electron chi connectivity index (χ2n) is 4.92. The molecule has 0 atom stereocenters. The fourth-order valence-corrected chi connectivity index (χ4v) is 1.75. The topological polar surface area (TPSA) is 68.5 Å². The van der Waals surface area contributed by atoms with Crippen molar-refractivity contribution in [1.29, 1.82) is 0 Å². The number of aromatic nitrogens is 5. The first-order valence-corrected chi connectivity index (χ1v) is 6.48. The van der Waals surface area contributed by atoms with Gasteiger partial charge < -0.3 is 5.32 Å². The van der Waals surface area contributed by atoms with Crippen LogP contribution in [0.5, 0.6) is 0 Å². The summed E-state index contributed by atoms with van der Waals surface area (Å²) in [5.41, 5.74) is 2.04. The van der Waals surface area contributed by atoms with Crippen LogP contribution in [0.2, 0.25) is 0 Å². The molecule has 0 saturated carbocycles. The highest BCUT2D eigenvalue weighted by atomic mass is 15.3. The predicted molar refractivity (Wildman–Crippen MR) is 74.1 cm³/mol. The highest BCUT2D eigenvalue weighted by Crippen LogP contribution is 2.14. The van der Waals surface area contributed by atoms with E-state index in [1.165, 1.54) is 0 Å². The summed E-state index contributed by atoms with van der Waals surface area (Å²) in [6.45, 7) is 6.97. The van der Waals surface area contributed by atoms with Crippen molar-refractivity contribution in [1.82, 2.24) is 24.7 Å². The lowest BCUT2D eigenvalue weighted by Gasteiger charge is -2.09. The van der Waals surface area contributed by atoms with Crippen molar-refractivity contribution in [3.63, 3.8) is 0 Å². The van der Waals surface area contributed by atoms with Crippen LogP contribution >= 0.6 is 0 Å². The van der Waals surface area contributed by atoms with Gasteiger partial charge >= 0.3 is 0 Å². The van der Waals surface area contributed by atoms with Gasteiger partial charge in [0.1, 0.15) is 6.33 Å². The van der Waals surface area contributed by atoms with Gasteiger partial charge in [-0.25, -0.2) is 15.0 Å². The third kappa shape index (κ3) is 3.74. The highest BCUT2D eigenvalue weighted by Gasteiger charge is 2.06. The minimum absolute atomic E-state index is 0.403. The Hall–Kier alpha value is -1.98. The van der Waals surface area contributed by atoms with Crippen LogP contribution in [0.4, 0.5) is 5.95 Å². The standard InChI is InChI=1S/C13H20N6/c1-9(2)11-7-10(3)16-13(17-11)14-6-5-12-15-8-19(4)18-12/h7-9H,5-6H2,1-4H3,(H,14,16,17). The van der Waals surface area contributed by atoms with Gasteiger partial charge in [-0.2, -0.15) is 5.10 Å². The average Bonchev–Trinajstić information content (AvgIpc) is 2.74. The fraction of sp³-hybridized carbons (Fsp3) is 0.538. The quantitative estimate of drug-likeness (QED) is 0.886. The van der Waals surface area contributed by atoms with Crippen molar-refractivity contribution >= 4 is 5.95 Å². The molecule has 2 aromatic rings. The summed E-state index contributed by atoms with van der Waals surface area (Å²) in [7, 11) is 1.86. The van der Waals surface area contributed by atoms with E-state index in [1.807, 2.05) is 20.0 Å². The molecule has 0 aliphatic carbocycles. The molecule has 0 bridgehead atoms. The smallest absolute Gasteiger partial charge is 0.223 e. The third-order valence-corrected chi connectivity index (χ3v) is 2.74. The van der Waals surface area contributed by atoms with E-state index < -0.39 is 0 Å². The van der Waals surface area contributed by atoms with Gasteiger partial charge in [0.05, 0.1) is 0 Å². The summed E-state index contributed by atoms with van der Waals surface area (Å²) in [5.74, 6) is 1.91. The maximum absolute atomic E-state index is 4.50. The lowest BCUT2D eigenvalue weighted by Crippen LogP contribution is -2.11. The first-order chi connectivity index (χ1) is 9.04. The van der Waals surface area contributed by atoms with Crippen molar-refractivity contribution in [2.45, 2.75) is 33.1 Å². The molecule has 0 spiro atoms. The number of hydrogen-bond acceptors (Lipinski definition) is 5. The molecule has 0 fully saturated rings. The van der Waals surface area contributed by atoms with Crippen molar-refractivity contribution in [3.05, 3.63) is 29.6 Å². The summed E-state index contributed by atoms with van der Waals surface area (Å²) in [6, 6.07) is 2.02. The van der Waals surface area contributed by atoms with Crippen LogP contribution in [0.15, 0.2) is 12.4 Å². The average molecular weight is 260 g/mol. The van der Waals surface area contributed by atoms with Crippen LogP contribution in [0, 0.1) is 6.92 Å². The summed E-state index contributed by atoms with van der Waals surface area (Å²) in [6.07, 6.45) is 2.46. The number of hydrogen-bond donors (Lipinski definition) is 1. The van der Waals surface area contributed by atoms with Crippen LogP contribution in [-0.4, -0.2) is 31.3 Å². The first-order valence-electron chi connectivity index (χ1n) is 6.48. The number of rotatable bonds is 5. The molecular weight excluding hydrogens is 240 g/mol. The molecular formula is C13H20N6. The molecule has 6 nitrogen and oxygen atoms in total. The minimum Gasteiger partial charge on any atom is -0.354 e. The van der Waals surface area contributed by atoms with Gasteiger partial charge in [-0.05, 0) is 18.9 Å². The lowest BCUT2D eigenvalue weighted by molar-refractivity contribution is 0.741. The van der Waals surface area contributed by atoms with E-state index in [-0.39, 0.29) is 0 Å². The molecule has 0 amide bonds. The minimum atomic E-state index is 0.403. The zero-order valence-corrected chi connectivity index (χ0v) is 11.9. The molecule has 0 unspecified atom stereocenters. The van der Waals surface area contributed by atoms with E-state index in [1.54, 1.807) is 11.0 Å². The third-order valence-electron chi connectivity index (χ3n) is 2.74. The summed E-state index contributed by atoms with van der Waals surface area (Å²) < 4.78 is 1.70. The van der Waals surface area contributed by atoms with Gasteiger partial charge in [-0.3, -0.25) is 4.68 Å². The molecule has 19 heavy (non-hydrogen) atoms. The molecule has 0 saturated heterocycles. The largest absolute Gasteiger partial charge is 0.354 e. The maximum atomic E-state index is 4.50. The Labute approximate surface area is 113 Å². The van der Waals surface area contributed by atoms with Gasteiger partial charge in [-0.15, -0.1) is 0 Å². The van der Waals surface area contributed by atoms with E-state index in [4.69, 9.17) is 0 Å². The van der Waals surface area contributed by atoms with Crippen LogP contribution in [0.3, 0.4) is 0 Å². The second kappa shape index (κ2) is 5.77.